The minimum Gasteiger partial charge on any atom is -0.496 e. The molecule has 2 aromatic carbocycles. The number of methoxy groups -OCH3 is 1. The highest BCUT2D eigenvalue weighted by atomic mass is 79.9. The molecule has 1 N–H and O–H groups in total. The highest BCUT2D eigenvalue weighted by molar-refractivity contribution is 9.10. The summed E-state index contributed by atoms with van der Waals surface area (Å²) >= 11 is 4.83. The Hall–Kier alpha value is -2.16. The van der Waals surface area contributed by atoms with E-state index in [1.54, 1.807) is 42.8 Å². The van der Waals surface area contributed by atoms with E-state index in [2.05, 4.69) is 21.2 Å². The molecular formula is C20H16BrNO4S2. The first-order chi connectivity index (χ1) is 13.4. The van der Waals surface area contributed by atoms with E-state index >= 15 is 0 Å². The molecule has 0 radical (unpaired) electrons. The van der Waals surface area contributed by atoms with E-state index in [1.165, 1.54) is 11.3 Å². The number of nitrogens with one attached hydrogen (secondary N) is 1. The molecule has 0 aliphatic carbocycles. The summed E-state index contributed by atoms with van der Waals surface area (Å²) in [7, 11) is -2.13. The molecular weight excluding hydrogens is 462 g/mol. The number of hydrogen-bond donors (Lipinski definition) is 1. The Morgan fingerprint density at radius 1 is 1.18 bits per heavy atom. The summed E-state index contributed by atoms with van der Waals surface area (Å²) in [6.07, 6.45) is 0.261. The smallest absolute Gasteiger partial charge is 0.225 e. The van der Waals surface area contributed by atoms with Crippen molar-refractivity contribution in [2.75, 3.05) is 12.4 Å². The van der Waals surface area contributed by atoms with Gasteiger partial charge < -0.3 is 10.1 Å². The Bertz CT molecular complexity index is 1160. The van der Waals surface area contributed by atoms with Crippen molar-refractivity contribution in [3.05, 3.63) is 68.8 Å². The molecule has 0 saturated heterocycles. The summed E-state index contributed by atoms with van der Waals surface area (Å²) in [5.41, 5.74) is 1.32. The van der Waals surface area contributed by atoms with E-state index in [4.69, 9.17) is 4.74 Å². The van der Waals surface area contributed by atoms with Crippen molar-refractivity contribution in [2.24, 2.45) is 0 Å². The Labute approximate surface area is 175 Å². The second-order valence-electron chi connectivity index (χ2n) is 6.35. The number of rotatable bonds is 4. The van der Waals surface area contributed by atoms with Gasteiger partial charge in [-0.05, 0) is 45.8 Å². The van der Waals surface area contributed by atoms with Crippen LogP contribution in [0.4, 0.5) is 5.69 Å². The van der Waals surface area contributed by atoms with Crippen molar-refractivity contribution in [2.45, 2.75) is 22.1 Å². The number of carbonyl (C=O) groups excluding carboxylic acids is 1. The van der Waals surface area contributed by atoms with Gasteiger partial charge >= 0.3 is 0 Å². The fourth-order valence-electron chi connectivity index (χ4n) is 3.30. The van der Waals surface area contributed by atoms with Crippen LogP contribution < -0.4 is 10.1 Å². The SMILES string of the molecule is COc1ccc([C@@H]2CC(=O)Nc3c(S(=O)(=O)c4ccccc4)csc32)cc1Br. The number of carbonyl (C=O) groups is 1. The Morgan fingerprint density at radius 3 is 2.61 bits per heavy atom. The van der Waals surface area contributed by atoms with Gasteiger partial charge in [-0.1, -0.05) is 24.3 Å². The zero-order valence-corrected chi connectivity index (χ0v) is 18.0. The highest BCUT2D eigenvalue weighted by Gasteiger charge is 2.34. The summed E-state index contributed by atoms with van der Waals surface area (Å²) in [5.74, 6) is 0.283. The first kappa shape index (κ1) is 19.2. The topological polar surface area (TPSA) is 72.5 Å². The van der Waals surface area contributed by atoms with Gasteiger partial charge in [0.2, 0.25) is 15.7 Å². The Kier molecular flexibility index (Phi) is 5.03. The van der Waals surface area contributed by atoms with Gasteiger partial charge in [0, 0.05) is 22.6 Å². The standard InChI is InChI=1S/C20H16BrNO4S2/c1-26-16-8-7-12(9-15(16)21)14-10-18(23)22-19-17(11-27-20(14)19)28(24,25)13-5-3-2-4-6-13/h2-9,11,14H,10H2,1H3,(H,22,23)/t14-/m0/s1. The fraction of sp³-hybridized carbons (Fsp3) is 0.150. The second kappa shape index (κ2) is 7.35. The van der Waals surface area contributed by atoms with Gasteiger partial charge in [-0.3, -0.25) is 4.79 Å². The van der Waals surface area contributed by atoms with Crippen LogP contribution in [-0.4, -0.2) is 21.4 Å². The predicted octanol–water partition coefficient (Wildman–Crippen LogP) is 4.83. The van der Waals surface area contributed by atoms with Crippen LogP contribution >= 0.6 is 27.3 Å². The number of sulfone groups is 1. The first-order valence-electron chi connectivity index (χ1n) is 8.46. The second-order valence-corrected chi connectivity index (χ2v) is 10.0. The van der Waals surface area contributed by atoms with Crippen molar-refractivity contribution < 1.29 is 17.9 Å². The summed E-state index contributed by atoms with van der Waals surface area (Å²) < 4.78 is 32.2. The van der Waals surface area contributed by atoms with Gasteiger partial charge in [0.25, 0.3) is 0 Å². The Morgan fingerprint density at radius 2 is 1.93 bits per heavy atom. The third-order valence-electron chi connectivity index (χ3n) is 4.68. The molecule has 1 aliphatic rings. The molecule has 1 amide bonds. The van der Waals surface area contributed by atoms with Gasteiger partial charge in [-0.25, -0.2) is 8.42 Å². The summed E-state index contributed by atoms with van der Waals surface area (Å²) in [5, 5.41) is 4.39. The number of halogens is 1. The molecule has 1 aromatic heterocycles. The van der Waals surface area contributed by atoms with E-state index in [1.807, 2.05) is 18.2 Å². The normalized spacial score (nSPS) is 16.4. The van der Waals surface area contributed by atoms with Crippen LogP contribution in [0.1, 0.15) is 22.8 Å². The number of amides is 1. The van der Waals surface area contributed by atoms with Crippen LogP contribution in [0.2, 0.25) is 0 Å². The molecule has 0 unspecified atom stereocenters. The molecule has 1 atom stereocenters. The van der Waals surface area contributed by atoms with Crippen LogP contribution in [0, 0.1) is 0 Å². The minimum atomic E-state index is -3.72. The van der Waals surface area contributed by atoms with Crippen molar-refractivity contribution in [3.63, 3.8) is 0 Å². The van der Waals surface area contributed by atoms with Gasteiger partial charge in [0.1, 0.15) is 10.6 Å². The summed E-state index contributed by atoms with van der Waals surface area (Å²) in [4.78, 5) is 13.6. The molecule has 0 spiro atoms. The van der Waals surface area contributed by atoms with Crippen LogP contribution in [0.15, 0.2) is 68.2 Å². The number of benzene rings is 2. The maximum Gasteiger partial charge on any atom is 0.225 e. The number of fused-ring (bicyclic) bond motifs is 1. The van der Waals surface area contributed by atoms with Crippen LogP contribution in [0.3, 0.4) is 0 Å². The van der Waals surface area contributed by atoms with Crippen LogP contribution in [0.5, 0.6) is 5.75 Å². The average Bonchev–Trinajstić information content (AvgIpc) is 3.12. The fourth-order valence-corrected chi connectivity index (χ4v) is 6.78. The van der Waals surface area contributed by atoms with E-state index in [9.17, 15) is 13.2 Å². The summed E-state index contributed by atoms with van der Waals surface area (Å²) in [6.45, 7) is 0. The molecule has 4 rings (SSSR count). The van der Waals surface area contributed by atoms with Crippen molar-refractivity contribution in [1.82, 2.24) is 0 Å². The van der Waals surface area contributed by atoms with Gasteiger partial charge in [0.05, 0.1) is 22.2 Å². The lowest BCUT2D eigenvalue weighted by molar-refractivity contribution is -0.116. The monoisotopic (exact) mass is 477 g/mol. The maximum atomic E-state index is 13.1. The van der Waals surface area contributed by atoms with Crippen molar-refractivity contribution in [1.29, 1.82) is 0 Å². The van der Waals surface area contributed by atoms with E-state index in [0.29, 0.717) is 11.4 Å². The lowest BCUT2D eigenvalue weighted by Gasteiger charge is -2.24. The lowest BCUT2D eigenvalue weighted by atomic mass is 9.90. The molecule has 144 valence electrons. The van der Waals surface area contributed by atoms with E-state index in [-0.39, 0.29) is 28.0 Å². The van der Waals surface area contributed by atoms with Gasteiger partial charge in [0.15, 0.2) is 0 Å². The molecule has 0 saturated carbocycles. The lowest BCUT2D eigenvalue weighted by Crippen LogP contribution is -2.23. The Balaban J connectivity index is 1.82. The molecule has 0 bridgehead atoms. The van der Waals surface area contributed by atoms with Gasteiger partial charge in [-0.2, -0.15) is 0 Å². The van der Waals surface area contributed by atoms with E-state index < -0.39 is 9.84 Å². The molecule has 5 nitrogen and oxygen atoms in total. The van der Waals surface area contributed by atoms with Crippen LogP contribution in [0.25, 0.3) is 0 Å². The number of anilines is 1. The summed E-state index contributed by atoms with van der Waals surface area (Å²) in [6, 6.07) is 13.9. The number of ether oxygens (including phenoxy) is 1. The average molecular weight is 478 g/mol. The molecule has 28 heavy (non-hydrogen) atoms. The molecule has 1 aliphatic heterocycles. The van der Waals surface area contributed by atoms with Gasteiger partial charge in [-0.15, -0.1) is 11.3 Å². The zero-order valence-electron chi connectivity index (χ0n) is 14.8. The van der Waals surface area contributed by atoms with Crippen molar-refractivity contribution >= 4 is 48.7 Å². The number of thiophene rings is 1. The van der Waals surface area contributed by atoms with Crippen LogP contribution in [-0.2, 0) is 14.6 Å². The number of hydrogen-bond acceptors (Lipinski definition) is 5. The zero-order chi connectivity index (χ0) is 19.9. The molecule has 8 heteroatoms. The third-order valence-corrected chi connectivity index (χ3v) is 8.34. The largest absolute Gasteiger partial charge is 0.496 e. The predicted molar refractivity (Wildman–Crippen MR) is 112 cm³/mol. The quantitative estimate of drug-likeness (QED) is 0.584. The van der Waals surface area contributed by atoms with Crippen molar-refractivity contribution in [3.8, 4) is 5.75 Å². The minimum absolute atomic E-state index is 0.143. The molecule has 3 aromatic rings. The highest BCUT2D eigenvalue weighted by Crippen LogP contribution is 2.46. The third kappa shape index (κ3) is 3.25. The maximum absolute atomic E-state index is 13.1. The first-order valence-corrected chi connectivity index (χ1v) is 11.6. The molecule has 0 fully saturated rings. The van der Waals surface area contributed by atoms with E-state index in [0.717, 1.165) is 14.9 Å². The molecule has 2 heterocycles.